The molecule has 0 radical (unpaired) electrons. The Labute approximate surface area is 87.9 Å². The second-order valence-corrected chi connectivity index (χ2v) is 4.49. The molecule has 1 aliphatic carbocycles. The van der Waals surface area contributed by atoms with Crippen molar-refractivity contribution in [2.24, 2.45) is 17.7 Å². The summed E-state index contributed by atoms with van der Waals surface area (Å²) in [7, 11) is 0. The monoisotopic (exact) mass is 196 g/mol. The highest BCUT2D eigenvalue weighted by molar-refractivity contribution is 4.85. The molecule has 0 bridgehead atoms. The highest BCUT2D eigenvalue weighted by atomic mass is 15.2. The van der Waals surface area contributed by atoms with E-state index in [0.29, 0.717) is 6.04 Å². The van der Waals surface area contributed by atoms with Gasteiger partial charge in [0.2, 0.25) is 0 Å². The first kappa shape index (κ1) is 11.7. The van der Waals surface area contributed by atoms with Crippen LogP contribution in [0.2, 0.25) is 0 Å². The highest BCUT2D eigenvalue weighted by Gasteiger charge is 2.25. The lowest BCUT2D eigenvalue weighted by Crippen LogP contribution is -2.41. The van der Waals surface area contributed by atoms with Crippen LogP contribution in [0.3, 0.4) is 0 Å². The Balaban J connectivity index is 2.34. The third-order valence-corrected chi connectivity index (χ3v) is 3.67. The summed E-state index contributed by atoms with van der Waals surface area (Å²) < 4.78 is 0. The molecule has 1 fully saturated rings. The van der Waals surface area contributed by atoms with Crippen molar-refractivity contribution in [3.05, 3.63) is 12.7 Å². The number of hydrazine groups is 1. The van der Waals surface area contributed by atoms with E-state index in [2.05, 4.69) is 18.9 Å². The van der Waals surface area contributed by atoms with Gasteiger partial charge in [-0.15, -0.1) is 6.58 Å². The Bertz CT molecular complexity index is 160. The van der Waals surface area contributed by atoms with Crippen LogP contribution in [-0.4, -0.2) is 6.04 Å². The first-order chi connectivity index (χ1) is 6.81. The van der Waals surface area contributed by atoms with E-state index in [1.165, 1.54) is 32.1 Å². The Morgan fingerprint density at radius 1 is 1.43 bits per heavy atom. The quantitative estimate of drug-likeness (QED) is 0.403. The summed E-state index contributed by atoms with van der Waals surface area (Å²) in [5.74, 6) is 7.29. The Morgan fingerprint density at radius 2 is 2.07 bits per heavy atom. The van der Waals surface area contributed by atoms with Crippen molar-refractivity contribution in [3.63, 3.8) is 0 Å². The molecule has 0 saturated heterocycles. The van der Waals surface area contributed by atoms with Gasteiger partial charge < -0.3 is 0 Å². The molecule has 1 aliphatic rings. The third kappa shape index (κ3) is 3.10. The minimum absolute atomic E-state index is 0.449. The smallest absolute Gasteiger partial charge is 0.0273 e. The van der Waals surface area contributed by atoms with Crippen LogP contribution in [-0.2, 0) is 0 Å². The molecule has 0 aromatic carbocycles. The Morgan fingerprint density at radius 3 is 2.50 bits per heavy atom. The van der Waals surface area contributed by atoms with E-state index >= 15 is 0 Å². The van der Waals surface area contributed by atoms with Crippen LogP contribution < -0.4 is 11.3 Å². The lowest BCUT2D eigenvalue weighted by Gasteiger charge is -2.32. The standard InChI is InChI=1S/C12H24N2/c1-3-5-12(14-13)11-8-6-10(4-2)7-9-11/h3,10-12,14H,1,4-9,13H2,2H3. The van der Waals surface area contributed by atoms with Crippen molar-refractivity contribution in [1.29, 1.82) is 0 Å². The molecule has 0 aromatic heterocycles. The number of nitrogens with one attached hydrogen (secondary N) is 1. The maximum atomic E-state index is 5.56. The van der Waals surface area contributed by atoms with Gasteiger partial charge in [0.05, 0.1) is 0 Å². The fraction of sp³-hybridized carbons (Fsp3) is 0.833. The molecule has 0 heterocycles. The molecule has 1 unspecified atom stereocenters. The van der Waals surface area contributed by atoms with E-state index in [9.17, 15) is 0 Å². The van der Waals surface area contributed by atoms with Gasteiger partial charge in [-0.3, -0.25) is 11.3 Å². The Hall–Kier alpha value is -0.340. The summed E-state index contributed by atoms with van der Waals surface area (Å²) in [5, 5.41) is 0. The normalized spacial score (nSPS) is 29.9. The van der Waals surface area contributed by atoms with Crippen molar-refractivity contribution in [3.8, 4) is 0 Å². The van der Waals surface area contributed by atoms with Gasteiger partial charge in [0.25, 0.3) is 0 Å². The van der Waals surface area contributed by atoms with Crippen molar-refractivity contribution in [1.82, 2.24) is 5.43 Å². The molecule has 2 nitrogen and oxygen atoms in total. The SMILES string of the molecule is C=CCC(NN)C1CCC(CC)CC1. The van der Waals surface area contributed by atoms with Crippen LogP contribution >= 0.6 is 0 Å². The van der Waals surface area contributed by atoms with Gasteiger partial charge in [0, 0.05) is 6.04 Å². The molecule has 2 heteroatoms. The van der Waals surface area contributed by atoms with Gasteiger partial charge in [-0.1, -0.05) is 32.3 Å². The number of hydrogen-bond donors (Lipinski definition) is 2. The average Bonchev–Trinajstić information content (AvgIpc) is 2.26. The molecule has 3 N–H and O–H groups in total. The van der Waals surface area contributed by atoms with Crippen molar-refractivity contribution < 1.29 is 0 Å². The lowest BCUT2D eigenvalue weighted by atomic mass is 9.77. The highest BCUT2D eigenvalue weighted by Crippen LogP contribution is 2.33. The van der Waals surface area contributed by atoms with Crippen LogP contribution in [0.5, 0.6) is 0 Å². The van der Waals surface area contributed by atoms with Crippen LogP contribution in [0.25, 0.3) is 0 Å². The molecule has 1 saturated carbocycles. The molecule has 1 rings (SSSR count). The minimum Gasteiger partial charge on any atom is -0.271 e. The zero-order valence-corrected chi connectivity index (χ0v) is 9.34. The van der Waals surface area contributed by atoms with Crippen molar-refractivity contribution in [2.45, 2.75) is 51.5 Å². The molecule has 1 atom stereocenters. The van der Waals surface area contributed by atoms with E-state index in [1.54, 1.807) is 0 Å². The van der Waals surface area contributed by atoms with Gasteiger partial charge in [0.1, 0.15) is 0 Å². The van der Waals surface area contributed by atoms with Gasteiger partial charge in [-0.05, 0) is 31.1 Å². The predicted molar refractivity (Wildman–Crippen MR) is 61.7 cm³/mol. The van der Waals surface area contributed by atoms with E-state index in [-0.39, 0.29) is 0 Å². The lowest BCUT2D eigenvalue weighted by molar-refractivity contribution is 0.219. The zero-order valence-electron chi connectivity index (χ0n) is 9.34. The van der Waals surface area contributed by atoms with Gasteiger partial charge in [-0.2, -0.15) is 0 Å². The van der Waals surface area contributed by atoms with Gasteiger partial charge in [0.15, 0.2) is 0 Å². The second-order valence-electron chi connectivity index (χ2n) is 4.49. The van der Waals surface area contributed by atoms with E-state index in [4.69, 9.17) is 5.84 Å². The predicted octanol–water partition coefficient (Wildman–Crippen LogP) is 2.61. The topological polar surface area (TPSA) is 38.0 Å². The summed E-state index contributed by atoms with van der Waals surface area (Å²) in [6.45, 7) is 6.08. The maximum absolute atomic E-state index is 5.56. The van der Waals surface area contributed by atoms with Crippen LogP contribution in [0.1, 0.15) is 45.4 Å². The molecule has 0 aliphatic heterocycles. The zero-order chi connectivity index (χ0) is 10.4. The maximum Gasteiger partial charge on any atom is 0.0273 e. The van der Waals surface area contributed by atoms with Crippen molar-refractivity contribution in [2.75, 3.05) is 0 Å². The summed E-state index contributed by atoms with van der Waals surface area (Å²) in [5.41, 5.74) is 2.93. The molecular weight excluding hydrogens is 172 g/mol. The summed E-state index contributed by atoms with van der Waals surface area (Å²) >= 11 is 0. The fourth-order valence-electron chi connectivity index (χ4n) is 2.57. The molecular formula is C12H24N2. The summed E-state index contributed by atoms with van der Waals surface area (Å²) in [6.07, 6.45) is 9.75. The number of hydrogen-bond acceptors (Lipinski definition) is 2. The van der Waals surface area contributed by atoms with Crippen LogP contribution in [0, 0.1) is 11.8 Å². The van der Waals surface area contributed by atoms with Crippen molar-refractivity contribution >= 4 is 0 Å². The fourth-order valence-corrected chi connectivity index (χ4v) is 2.57. The Kier molecular flexibility index (Phi) is 5.20. The summed E-state index contributed by atoms with van der Waals surface area (Å²) in [4.78, 5) is 0. The summed E-state index contributed by atoms with van der Waals surface area (Å²) in [6, 6.07) is 0.449. The van der Waals surface area contributed by atoms with E-state index in [0.717, 1.165) is 18.3 Å². The molecule has 14 heavy (non-hydrogen) atoms. The largest absolute Gasteiger partial charge is 0.271 e. The van der Waals surface area contributed by atoms with E-state index < -0.39 is 0 Å². The van der Waals surface area contributed by atoms with E-state index in [1.807, 2.05) is 6.08 Å². The molecule has 0 spiro atoms. The first-order valence-corrected chi connectivity index (χ1v) is 5.88. The number of rotatable bonds is 5. The van der Waals surface area contributed by atoms with Gasteiger partial charge in [-0.25, -0.2) is 0 Å². The first-order valence-electron chi connectivity index (χ1n) is 5.88. The average molecular weight is 196 g/mol. The molecule has 0 amide bonds. The second kappa shape index (κ2) is 6.20. The number of nitrogens with two attached hydrogens (primary N) is 1. The molecule has 0 aromatic rings. The van der Waals surface area contributed by atoms with Crippen LogP contribution in [0.4, 0.5) is 0 Å². The third-order valence-electron chi connectivity index (χ3n) is 3.67. The van der Waals surface area contributed by atoms with Crippen LogP contribution in [0.15, 0.2) is 12.7 Å². The van der Waals surface area contributed by atoms with Gasteiger partial charge >= 0.3 is 0 Å². The minimum atomic E-state index is 0.449. The molecule has 82 valence electrons.